The average Bonchev–Trinajstić information content (AvgIpc) is 2.36. The molecule has 118 valence electrons. The number of benzene rings is 1. The van der Waals surface area contributed by atoms with E-state index in [1.54, 1.807) is 20.3 Å². The molecule has 1 aromatic rings. The van der Waals surface area contributed by atoms with E-state index in [-0.39, 0.29) is 18.3 Å². The third-order valence-electron chi connectivity index (χ3n) is 2.41. The Hall–Kier alpha value is -1.79. The summed E-state index contributed by atoms with van der Waals surface area (Å²) < 4.78 is 11.0. The molecule has 0 aliphatic heterocycles. The molecule has 21 heavy (non-hydrogen) atoms. The van der Waals surface area contributed by atoms with E-state index in [1.807, 2.05) is 33.3 Å². The molecule has 0 heterocycles. The minimum Gasteiger partial charge on any atom is -0.857 e. The van der Waals surface area contributed by atoms with Crippen LogP contribution in [0.15, 0.2) is 28.4 Å². The molecular weight excluding hydrogens is 294 g/mol. The minimum atomic E-state index is -0.268. The summed E-state index contributed by atoms with van der Waals surface area (Å²) in [5.41, 5.74) is 0.702. The van der Waals surface area contributed by atoms with Crippen molar-refractivity contribution in [3.8, 4) is 11.5 Å². The van der Waals surface area contributed by atoms with Crippen molar-refractivity contribution in [2.24, 2.45) is 10.2 Å². The molecule has 0 aliphatic carbocycles. The fourth-order valence-electron chi connectivity index (χ4n) is 1.61. The van der Waals surface area contributed by atoms with Crippen LogP contribution in [0, 0.1) is 0 Å². The molecule has 0 N–H and O–H groups in total. The maximum absolute atomic E-state index is 11.6. The second-order valence-electron chi connectivity index (χ2n) is 5.27. The molecule has 0 unspecified atom stereocenters. The van der Waals surface area contributed by atoms with Crippen LogP contribution in [0.3, 0.4) is 0 Å². The third-order valence-corrected chi connectivity index (χ3v) is 2.41. The molecule has 0 radical (unpaired) electrons. The summed E-state index contributed by atoms with van der Waals surface area (Å²) in [6.45, 7) is 0.298. The van der Waals surface area contributed by atoms with Gasteiger partial charge in [-0.3, -0.25) is 0 Å². The average molecular weight is 316 g/mol. The Bertz CT molecular complexity index is 511. The number of ether oxygens (including phenoxy) is 2. The summed E-state index contributed by atoms with van der Waals surface area (Å²) in [5.74, 6) is 0.901. The van der Waals surface area contributed by atoms with Crippen LogP contribution in [-0.2, 0) is 0 Å². The molecule has 1 aromatic carbocycles. The van der Waals surface area contributed by atoms with Gasteiger partial charge in [0.2, 0.25) is 0 Å². The van der Waals surface area contributed by atoms with Crippen LogP contribution < -0.4 is 14.6 Å². The van der Waals surface area contributed by atoms with Gasteiger partial charge in [-0.05, 0) is 12.1 Å². The molecule has 6 nitrogen and oxygen atoms in total. The van der Waals surface area contributed by atoms with E-state index >= 15 is 0 Å². The number of nitrogens with zero attached hydrogens (tertiary/aromatic N) is 3. The van der Waals surface area contributed by atoms with Crippen molar-refractivity contribution >= 4 is 24.5 Å². The molecule has 0 atom stereocenters. The fourth-order valence-corrected chi connectivity index (χ4v) is 1.61. The van der Waals surface area contributed by atoms with Gasteiger partial charge in [-0.1, -0.05) is 6.07 Å². The molecule has 0 amide bonds. The van der Waals surface area contributed by atoms with Gasteiger partial charge in [0, 0.05) is 11.5 Å². The molecular formula is C14H22ClN3O3. The summed E-state index contributed by atoms with van der Waals surface area (Å²) in [4.78, 5) is 0. The number of rotatable bonds is 6. The zero-order valence-electron chi connectivity index (χ0n) is 13.0. The van der Waals surface area contributed by atoms with Gasteiger partial charge in [0.15, 0.2) is 11.5 Å². The number of halogens is 1. The maximum atomic E-state index is 11.6. The van der Waals surface area contributed by atoms with Crippen molar-refractivity contribution in [2.45, 2.75) is 0 Å². The summed E-state index contributed by atoms with van der Waals surface area (Å²) in [6.07, 6.45) is 1.48. The topological polar surface area (TPSA) is 66.2 Å². The van der Waals surface area contributed by atoms with Crippen molar-refractivity contribution < 1.29 is 19.1 Å². The SMILES string of the molecule is COc1cccc(C=NN=C([O-])C[N+](C)(C)C)c1OC.Cl. The minimum absolute atomic E-state index is 0. The highest BCUT2D eigenvalue weighted by Gasteiger charge is 2.07. The smallest absolute Gasteiger partial charge is 0.169 e. The third kappa shape index (κ3) is 6.46. The van der Waals surface area contributed by atoms with Gasteiger partial charge in [0.1, 0.15) is 6.54 Å². The number of hydrogen-bond acceptors (Lipinski definition) is 5. The lowest BCUT2D eigenvalue weighted by molar-refractivity contribution is -0.863. The van der Waals surface area contributed by atoms with Crippen LogP contribution in [0.2, 0.25) is 0 Å². The van der Waals surface area contributed by atoms with E-state index < -0.39 is 0 Å². The van der Waals surface area contributed by atoms with Crippen molar-refractivity contribution in [1.82, 2.24) is 0 Å². The molecule has 0 aromatic heterocycles. The Balaban J connectivity index is 0.00000400. The highest BCUT2D eigenvalue weighted by molar-refractivity contribution is 5.86. The molecule has 0 saturated heterocycles. The second kappa shape index (κ2) is 8.49. The summed E-state index contributed by atoms with van der Waals surface area (Å²) in [5, 5.41) is 19.0. The molecule has 0 saturated carbocycles. The van der Waals surface area contributed by atoms with Crippen molar-refractivity contribution in [2.75, 3.05) is 41.9 Å². The number of hydrogen-bond donors (Lipinski definition) is 0. The first-order valence-electron chi connectivity index (χ1n) is 6.15. The Labute approximate surface area is 131 Å². The van der Waals surface area contributed by atoms with E-state index in [2.05, 4.69) is 10.2 Å². The Morgan fingerprint density at radius 3 is 2.43 bits per heavy atom. The molecule has 0 aliphatic rings. The van der Waals surface area contributed by atoms with Gasteiger partial charge in [0.25, 0.3) is 0 Å². The standard InChI is InChI=1S/C14H21N3O3.ClH/c1-17(2,3)10-13(18)16-15-9-11-7-6-8-12(19-4)14(11)20-5;/h6-9H,10H2,1-5H3;1H. The normalized spacial score (nSPS) is 12.1. The van der Waals surface area contributed by atoms with Crippen LogP contribution >= 0.6 is 12.4 Å². The van der Waals surface area contributed by atoms with Gasteiger partial charge in [0.05, 0.1) is 41.6 Å². The molecule has 0 spiro atoms. The Morgan fingerprint density at radius 1 is 1.24 bits per heavy atom. The first-order chi connectivity index (χ1) is 9.37. The molecule has 1 rings (SSSR count). The van der Waals surface area contributed by atoms with E-state index in [4.69, 9.17) is 9.47 Å². The van der Waals surface area contributed by atoms with Crippen molar-refractivity contribution in [3.63, 3.8) is 0 Å². The molecule has 0 bridgehead atoms. The van der Waals surface area contributed by atoms with Crippen LogP contribution in [0.5, 0.6) is 11.5 Å². The largest absolute Gasteiger partial charge is 0.857 e. The molecule has 0 fully saturated rings. The summed E-state index contributed by atoms with van der Waals surface area (Å²) >= 11 is 0. The summed E-state index contributed by atoms with van der Waals surface area (Å²) in [6, 6.07) is 5.41. The number of likely N-dealkylation sites (N-methyl/N-ethyl adjacent to an activating group) is 1. The Morgan fingerprint density at radius 2 is 1.90 bits per heavy atom. The van der Waals surface area contributed by atoms with Crippen molar-refractivity contribution in [1.29, 1.82) is 0 Å². The number of quaternary nitrogens is 1. The zero-order chi connectivity index (χ0) is 15.2. The monoisotopic (exact) mass is 315 g/mol. The Kier molecular flexibility index (Phi) is 7.76. The van der Waals surface area contributed by atoms with Gasteiger partial charge < -0.3 is 19.1 Å². The van der Waals surface area contributed by atoms with E-state index in [9.17, 15) is 5.11 Å². The van der Waals surface area contributed by atoms with Gasteiger partial charge in [-0.15, -0.1) is 12.4 Å². The zero-order valence-corrected chi connectivity index (χ0v) is 13.8. The van der Waals surface area contributed by atoms with Gasteiger partial charge in [-0.2, -0.15) is 10.2 Å². The lowest BCUT2D eigenvalue weighted by atomic mass is 10.2. The number of para-hydroxylation sites is 1. The quantitative estimate of drug-likeness (QED) is 0.339. The van der Waals surface area contributed by atoms with E-state index in [1.165, 1.54) is 6.21 Å². The van der Waals surface area contributed by atoms with Gasteiger partial charge >= 0.3 is 0 Å². The number of methoxy groups -OCH3 is 2. The first-order valence-corrected chi connectivity index (χ1v) is 6.15. The maximum Gasteiger partial charge on any atom is 0.169 e. The van der Waals surface area contributed by atoms with Crippen LogP contribution in [0.25, 0.3) is 0 Å². The second-order valence-corrected chi connectivity index (χ2v) is 5.27. The fraction of sp³-hybridized carbons (Fsp3) is 0.429. The molecule has 7 heteroatoms. The first kappa shape index (κ1) is 19.2. The van der Waals surface area contributed by atoms with Crippen LogP contribution in [0.4, 0.5) is 0 Å². The van der Waals surface area contributed by atoms with Gasteiger partial charge in [-0.25, -0.2) is 0 Å². The van der Waals surface area contributed by atoms with Crippen molar-refractivity contribution in [3.05, 3.63) is 23.8 Å². The lowest BCUT2D eigenvalue weighted by Crippen LogP contribution is -2.43. The summed E-state index contributed by atoms with van der Waals surface area (Å²) in [7, 11) is 8.87. The highest BCUT2D eigenvalue weighted by Crippen LogP contribution is 2.29. The van der Waals surface area contributed by atoms with E-state index in [0.717, 1.165) is 0 Å². The van der Waals surface area contributed by atoms with Crippen LogP contribution in [0.1, 0.15) is 5.56 Å². The lowest BCUT2D eigenvalue weighted by Gasteiger charge is -2.25. The highest BCUT2D eigenvalue weighted by atomic mass is 35.5. The predicted octanol–water partition coefficient (Wildman–Crippen LogP) is 0.924. The van der Waals surface area contributed by atoms with Crippen LogP contribution in [-0.4, -0.2) is 58.5 Å². The van der Waals surface area contributed by atoms with E-state index in [0.29, 0.717) is 28.1 Å². The predicted molar refractivity (Wildman–Crippen MR) is 84.7 cm³/mol.